The quantitative estimate of drug-likeness (QED) is 0.321. The van der Waals surface area contributed by atoms with Gasteiger partial charge in [0, 0.05) is 25.1 Å². The zero-order valence-electron chi connectivity index (χ0n) is 19.0. The summed E-state index contributed by atoms with van der Waals surface area (Å²) < 4.78 is 109. The van der Waals surface area contributed by atoms with E-state index in [4.69, 9.17) is 0 Å². The molecule has 2 heterocycles. The van der Waals surface area contributed by atoms with E-state index >= 15 is 0 Å². The molecule has 7 nitrogen and oxygen atoms in total. The Bertz CT molecular complexity index is 1580. The number of ether oxygens (including phenoxy) is 1. The number of hydrogen-bond acceptors (Lipinski definition) is 5. The van der Waals surface area contributed by atoms with Crippen LogP contribution in [0.25, 0.3) is 5.65 Å². The van der Waals surface area contributed by atoms with Crippen LogP contribution in [0.3, 0.4) is 0 Å². The summed E-state index contributed by atoms with van der Waals surface area (Å²) in [6.45, 7) is -1.97. The highest BCUT2D eigenvalue weighted by Crippen LogP contribution is 2.37. The molecule has 4 rings (SSSR count). The van der Waals surface area contributed by atoms with Crippen LogP contribution in [0.2, 0.25) is 0 Å². The van der Waals surface area contributed by atoms with E-state index < -0.39 is 55.8 Å². The fourth-order valence-electron chi connectivity index (χ4n) is 3.43. The van der Waals surface area contributed by atoms with Crippen LogP contribution in [-0.2, 0) is 22.6 Å². The van der Waals surface area contributed by atoms with E-state index in [9.17, 15) is 39.6 Å². The number of nitrogens with one attached hydrogen (secondary N) is 1. The largest absolute Gasteiger partial charge is 0.483 e. The minimum absolute atomic E-state index is 0.0152. The molecule has 0 spiro atoms. The van der Waals surface area contributed by atoms with Crippen molar-refractivity contribution in [3.63, 3.8) is 0 Å². The zero-order valence-corrected chi connectivity index (χ0v) is 19.9. The van der Waals surface area contributed by atoms with Crippen molar-refractivity contribution in [2.45, 2.75) is 28.7 Å². The Hall–Kier alpha value is -4.07. The Balaban J connectivity index is 1.53. The Labute approximate surface area is 211 Å². The number of hydrogen-bond donors (Lipinski definition) is 1. The summed E-state index contributed by atoms with van der Waals surface area (Å²) in [6, 6.07) is 9.40. The Morgan fingerprint density at radius 1 is 0.974 bits per heavy atom. The van der Waals surface area contributed by atoms with E-state index in [-0.39, 0.29) is 12.6 Å². The molecule has 2 aromatic heterocycles. The topological polar surface area (TPSA) is 89.8 Å². The second-order valence-electron chi connectivity index (χ2n) is 8.00. The molecule has 0 aliphatic heterocycles. The summed E-state index contributed by atoms with van der Waals surface area (Å²) in [7, 11) is -4.56. The summed E-state index contributed by atoms with van der Waals surface area (Å²) in [6.07, 6.45) is -5.03. The monoisotopic (exact) mass is 557 g/mol. The van der Waals surface area contributed by atoms with Crippen LogP contribution < -0.4 is 10.1 Å². The molecule has 1 N–H and O–H groups in total. The van der Waals surface area contributed by atoms with Gasteiger partial charge in [0.1, 0.15) is 16.3 Å². The standard InChI is InChI=1S/C24H17F6N3O4S/c25-23(26,27)14-37-19-11-17(24(28,29)30)4-7-20(19)38(35,36)18-5-1-15(2-6-18)12-32-22(34)16-3-8-21-31-9-10-33(21)13-16/h1-11,13H,12,14H2,(H,32,34). The maximum atomic E-state index is 13.1. The highest BCUT2D eigenvalue weighted by molar-refractivity contribution is 7.91. The van der Waals surface area contributed by atoms with E-state index in [0.29, 0.717) is 28.9 Å². The van der Waals surface area contributed by atoms with Gasteiger partial charge < -0.3 is 14.5 Å². The second kappa shape index (κ2) is 10.0. The summed E-state index contributed by atoms with van der Waals surface area (Å²) in [5.41, 5.74) is 0.121. The predicted octanol–water partition coefficient (Wildman–Crippen LogP) is 5.06. The average Bonchev–Trinajstić information content (AvgIpc) is 3.33. The number of rotatable bonds is 7. The predicted molar refractivity (Wildman–Crippen MR) is 121 cm³/mol. The zero-order chi connectivity index (χ0) is 27.7. The lowest BCUT2D eigenvalue weighted by molar-refractivity contribution is -0.154. The van der Waals surface area contributed by atoms with Gasteiger partial charge in [0.2, 0.25) is 9.84 Å². The molecule has 200 valence electrons. The fraction of sp³-hybridized carbons (Fsp3) is 0.167. The van der Waals surface area contributed by atoms with Gasteiger partial charge in [-0.05, 0) is 48.0 Å². The van der Waals surface area contributed by atoms with E-state index in [0.717, 1.165) is 12.1 Å². The molecule has 14 heteroatoms. The number of alkyl halides is 6. The number of imidazole rings is 1. The lowest BCUT2D eigenvalue weighted by Gasteiger charge is -2.16. The summed E-state index contributed by atoms with van der Waals surface area (Å²) in [5, 5.41) is 2.67. The number of amides is 1. The smallest absolute Gasteiger partial charge is 0.422 e. The van der Waals surface area contributed by atoms with E-state index in [1.807, 2.05) is 0 Å². The average molecular weight is 557 g/mol. The van der Waals surface area contributed by atoms with Crippen LogP contribution in [0.4, 0.5) is 26.3 Å². The van der Waals surface area contributed by atoms with E-state index in [1.54, 1.807) is 35.1 Å². The first kappa shape index (κ1) is 27.0. The normalized spacial score (nSPS) is 12.5. The van der Waals surface area contributed by atoms with Crippen molar-refractivity contribution in [1.29, 1.82) is 0 Å². The van der Waals surface area contributed by atoms with Gasteiger partial charge >= 0.3 is 12.4 Å². The van der Waals surface area contributed by atoms with Crippen molar-refractivity contribution in [2.24, 2.45) is 0 Å². The van der Waals surface area contributed by atoms with E-state index in [2.05, 4.69) is 15.0 Å². The third kappa shape index (κ3) is 6.07. The highest BCUT2D eigenvalue weighted by Gasteiger charge is 2.35. The Kier molecular flexibility index (Phi) is 7.10. The van der Waals surface area contributed by atoms with Gasteiger partial charge in [-0.1, -0.05) is 12.1 Å². The molecule has 0 atom stereocenters. The van der Waals surface area contributed by atoms with Crippen LogP contribution in [0.5, 0.6) is 5.75 Å². The van der Waals surface area contributed by atoms with Gasteiger partial charge in [-0.25, -0.2) is 13.4 Å². The lowest BCUT2D eigenvalue weighted by atomic mass is 10.2. The molecule has 0 aliphatic carbocycles. The number of fused-ring (bicyclic) bond motifs is 1. The summed E-state index contributed by atoms with van der Waals surface area (Å²) >= 11 is 0. The highest BCUT2D eigenvalue weighted by atomic mass is 32.2. The third-order valence-electron chi connectivity index (χ3n) is 5.29. The van der Waals surface area contributed by atoms with Crippen molar-refractivity contribution in [2.75, 3.05) is 6.61 Å². The number of pyridine rings is 1. The van der Waals surface area contributed by atoms with Gasteiger partial charge in [-0.2, -0.15) is 26.3 Å². The van der Waals surface area contributed by atoms with E-state index in [1.165, 1.54) is 12.1 Å². The number of aromatic nitrogens is 2. The maximum Gasteiger partial charge on any atom is 0.422 e. The molecule has 38 heavy (non-hydrogen) atoms. The van der Waals surface area contributed by atoms with Gasteiger partial charge in [0.25, 0.3) is 5.91 Å². The van der Waals surface area contributed by atoms with Crippen LogP contribution in [0, 0.1) is 0 Å². The molecule has 1 amide bonds. The van der Waals surface area contributed by atoms with Crippen molar-refractivity contribution < 1.29 is 44.3 Å². The molecule has 4 aromatic rings. The fourth-order valence-corrected chi connectivity index (χ4v) is 4.81. The lowest BCUT2D eigenvalue weighted by Crippen LogP contribution is -2.23. The summed E-state index contributed by atoms with van der Waals surface area (Å²) in [5.74, 6) is -1.49. The van der Waals surface area contributed by atoms with Gasteiger partial charge in [-0.15, -0.1) is 0 Å². The first-order chi connectivity index (χ1) is 17.7. The molecule has 0 saturated heterocycles. The van der Waals surface area contributed by atoms with Crippen LogP contribution in [-0.4, -0.2) is 36.5 Å². The molecule has 0 fully saturated rings. The molecule has 0 bridgehead atoms. The van der Waals surface area contributed by atoms with Crippen molar-refractivity contribution in [1.82, 2.24) is 14.7 Å². The van der Waals surface area contributed by atoms with Gasteiger partial charge in [0.15, 0.2) is 6.61 Å². The molecule has 0 aliphatic rings. The van der Waals surface area contributed by atoms with Crippen LogP contribution in [0.1, 0.15) is 21.5 Å². The molecule has 0 unspecified atom stereocenters. The molecule has 0 saturated carbocycles. The second-order valence-corrected chi connectivity index (χ2v) is 9.92. The first-order valence-electron chi connectivity index (χ1n) is 10.7. The number of carbonyl (C=O) groups excluding carboxylic acids is 1. The van der Waals surface area contributed by atoms with Gasteiger partial charge in [0.05, 0.1) is 16.0 Å². The molecular formula is C24H17F6N3O4S. The minimum atomic E-state index is -4.94. The first-order valence-corrected chi connectivity index (χ1v) is 12.2. The van der Waals surface area contributed by atoms with Gasteiger partial charge in [-0.3, -0.25) is 4.79 Å². The minimum Gasteiger partial charge on any atom is -0.483 e. The van der Waals surface area contributed by atoms with Crippen molar-refractivity contribution >= 4 is 21.4 Å². The molecule has 2 aromatic carbocycles. The maximum absolute atomic E-state index is 13.1. The number of sulfone groups is 1. The number of halogens is 6. The van der Waals surface area contributed by atoms with Crippen LogP contribution in [0.15, 0.2) is 83.0 Å². The summed E-state index contributed by atoms with van der Waals surface area (Å²) in [4.78, 5) is 15.3. The van der Waals surface area contributed by atoms with Crippen molar-refractivity contribution in [3.05, 3.63) is 89.9 Å². The van der Waals surface area contributed by atoms with Crippen LogP contribution >= 0.6 is 0 Å². The number of benzene rings is 2. The SMILES string of the molecule is O=C(NCc1ccc(S(=O)(=O)c2ccc(C(F)(F)F)cc2OCC(F)(F)F)cc1)c1ccc2nccn2c1. The number of carbonyl (C=O) groups is 1. The Morgan fingerprint density at radius 2 is 1.68 bits per heavy atom. The molecule has 0 radical (unpaired) electrons. The third-order valence-corrected chi connectivity index (χ3v) is 7.10. The van der Waals surface area contributed by atoms with Crippen molar-refractivity contribution in [3.8, 4) is 5.75 Å². The number of nitrogens with zero attached hydrogens (tertiary/aromatic N) is 2. The molecular weight excluding hydrogens is 540 g/mol. The Morgan fingerprint density at radius 3 is 2.34 bits per heavy atom.